The van der Waals surface area contributed by atoms with E-state index < -0.39 is 0 Å². The molecule has 0 aromatic heterocycles. The van der Waals surface area contributed by atoms with Gasteiger partial charge in [-0.25, -0.2) is 4.39 Å². The van der Waals surface area contributed by atoms with E-state index in [4.69, 9.17) is 11.1 Å². The molecule has 18 heavy (non-hydrogen) atoms. The van der Waals surface area contributed by atoms with Crippen LogP contribution in [0.2, 0.25) is 0 Å². The molecule has 0 saturated carbocycles. The minimum Gasteiger partial charge on any atom is -0.384 e. The van der Waals surface area contributed by atoms with Crippen LogP contribution in [0, 0.1) is 17.1 Å². The van der Waals surface area contributed by atoms with Gasteiger partial charge in [-0.2, -0.15) is 0 Å². The number of hydrogen-bond donors (Lipinski definition) is 2. The minimum absolute atomic E-state index is 0.0967. The van der Waals surface area contributed by atoms with Crippen molar-refractivity contribution >= 4 is 11.5 Å². The summed E-state index contributed by atoms with van der Waals surface area (Å²) in [6.07, 6.45) is 2.29. The van der Waals surface area contributed by atoms with E-state index in [0.717, 1.165) is 13.0 Å². The van der Waals surface area contributed by atoms with Crippen LogP contribution in [0.1, 0.15) is 32.3 Å². The summed E-state index contributed by atoms with van der Waals surface area (Å²) < 4.78 is 14.1. The lowest BCUT2D eigenvalue weighted by Gasteiger charge is -2.38. The first-order valence-electron chi connectivity index (χ1n) is 6.39. The summed E-state index contributed by atoms with van der Waals surface area (Å²) in [6.45, 7) is 5.21. The smallest absolute Gasteiger partial charge is 0.147 e. The van der Waals surface area contributed by atoms with Crippen LogP contribution >= 0.6 is 0 Å². The maximum atomic E-state index is 14.1. The summed E-state index contributed by atoms with van der Waals surface area (Å²) in [7, 11) is 0. The van der Waals surface area contributed by atoms with Crippen molar-refractivity contribution in [1.29, 1.82) is 5.41 Å². The van der Waals surface area contributed by atoms with Gasteiger partial charge in [0.25, 0.3) is 0 Å². The van der Waals surface area contributed by atoms with Crippen molar-refractivity contribution < 1.29 is 4.39 Å². The molecule has 2 unspecified atom stereocenters. The fraction of sp³-hybridized carbons (Fsp3) is 0.500. The first kappa shape index (κ1) is 12.9. The maximum absolute atomic E-state index is 14.1. The number of nitrogens with zero attached hydrogens (tertiary/aromatic N) is 1. The average molecular weight is 249 g/mol. The van der Waals surface area contributed by atoms with Gasteiger partial charge in [-0.15, -0.1) is 0 Å². The van der Waals surface area contributed by atoms with Crippen LogP contribution < -0.4 is 10.6 Å². The highest BCUT2D eigenvalue weighted by molar-refractivity contribution is 5.95. The largest absolute Gasteiger partial charge is 0.384 e. The molecule has 1 aliphatic heterocycles. The molecule has 98 valence electrons. The third kappa shape index (κ3) is 2.47. The van der Waals surface area contributed by atoms with E-state index >= 15 is 0 Å². The molecule has 1 aliphatic rings. The Bertz CT molecular complexity index is 458. The Morgan fingerprint density at radius 2 is 2.11 bits per heavy atom. The number of benzene rings is 1. The predicted octanol–water partition coefficient (Wildman–Crippen LogP) is 2.73. The highest BCUT2D eigenvalue weighted by Crippen LogP contribution is 2.29. The van der Waals surface area contributed by atoms with E-state index in [9.17, 15) is 4.39 Å². The molecule has 2 atom stereocenters. The molecule has 1 aromatic carbocycles. The fourth-order valence-corrected chi connectivity index (χ4v) is 2.53. The Balaban J connectivity index is 2.30. The lowest BCUT2D eigenvalue weighted by Crippen LogP contribution is -2.41. The molecule has 1 aromatic rings. The van der Waals surface area contributed by atoms with Crippen molar-refractivity contribution in [3.05, 3.63) is 29.6 Å². The Morgan fingerprint density at radius 1 is 1.39 bits per heavy atom. The van der Waals surface area contributed by atoms with Gasteiger partial charge in [0.2, 0.25) is 0 Å². The van der Waals surface area contributed by atoms with E-state index in [2.05, 4.69) is 18.7 Å². The number of nitrogen functional groups attached to an aromatic ring is 1. The Labute approximate surface area is 107 Å². The van der Waals surface area contributed by atoms with Gasteiger partial charge in [0.05, 0.1) is 5.69 Å². The van der Waals surface area contributed by atoms with Crippen LogP contribution in [0.5, 0.6) is 0 Å². The number of nitrogens with two attached hydrogens (primary N) is 1. The van der Waals surface area contributed by atoms with Crippen molar-refractivity contribution in [2.75, 3.05) is 11.4 Å². The van der Waals surface area contributed by atoms with Gasteiger partial charge in [0.15, 0.2) is 0 Å². The van der Waals surface area contributed by atoms with Crippen molar-refractivity contribution in [3.63, 3.8) is 0 Å². The molecule has 0 aliphatic carbocycles. The van der Waals surface area contributed by atoms with Gasteiger partial charge in [-0.05, 0) is 43.9 Å². The molecular weight excluding hydrogens is 229 g/mol. The number of piperidine rings is 1. The van der Waals surface area contributed by atoms with Crippen molar-refractivity contribution in [2.24, 2.45) is 11.7 Å². The van der Waals surface area contributed by atoms with Gasteiger partial charge in [-0.3, -0.25) is 5.41 Å². The lowest BCUT2D eigenvalue weighted by molar-refractivity contribution is 0.386. The number of amidine groups is 1. The van der Waals surface area contributed by atoms with E-state index in [1.807, 2.05) is 0 Å². The number of anilines is 1. The highest BCUT2D eigenvalue weighted by Gasteiger charge is 2.25. The molecule has 1 fully saturated rings. The molecule has 3 N–H and O–H groups in total. The summed E-state index contributed by atoms with van der Waals surface area (Å²) in [5.74, 6) is 0.206. The summed E-state index contributed by atoms with van der Waals surface area (Å²) in [4.78, 5) is 2.12. The molecule has 1 saturated heterocycles. The molecule has 0 bridgehead atoms. The molecule has 0 spiro atoms. The Morgan fingerprint density at radius 3 is 2.72 bits per heavy atom. The standard InChI is InChI=1S/C14H20FN3/c1-9-3-4-10(2)18(8-9)13-6-5-11(14(16)17)7-12(13)15/h5-7,9-10H,3-4,8H2,1-2H3,(H3,16,17). The number of rotatable bonds is 2. The fourth-order valence-electron chi connectivity index (χ4n) is 2.53. The first-order chi connectivity index (χ1) is 8.49. The molecule has 0 radical (unpaired) electrons. The Hall–Kier alpha value is -1.58. The number of nitrogens with one attached hydrogen (secondary N) is 1. The monoisotopic (exact) mass is 249 g/mol. The SMILES string of the molecule is CC1CCC(C)N(c2ccc(C(=N)N)cc2F)C1. The third-order valence-corrected chi connectivity index (χ3v) is 3.69. The van der Waals surface area contributed by atoms with Crippen LogP contribution in [0.25, 0.3) is 0 Å². The van der Waals surface area contributed by atoms with Gasteiger partial charge in [0, 0.05) is 18.2 Å². The first-order valence-corrected chi connectivity index (χ1v) is 6.39. The summed E-state index contributed by atoms with van der Waals surface area (Å²) in [6, 6.07) is 5.16. The van der Waals surface area contributed by atoms with Gasteiger partial charge in [0.1, 0.15) is 11.7 Å². The molecule has 2 rings (SSSR count). The van der Waals surface area contributed by atoms with Crippen LogP contribution in [-0.4, -0.2) is 18.4 Å². The number of hydrogen-bond acceptors (Lipinski definition) is 2. The zero-order chi connectivity index (χ0) is 13.3. The lowest BCUT2D eigenvalue weighted by atomic mass is 9.94. The van der Waals surface area contributed by atoms with Gasteiger partial charge in [-0.1, -0.05) is 6.92 Å². The highest BCUT2D eigenvalue weighted by atomic mass is 19.1. The summed E-state index contributed by atoms with van der Waals surface area (Å²) in [5.41, 5.74) is 6.43. The van der Waals surface area contributed by atoms with E-state index in [1.54, 1.807) is 12.1 Å². The predicted molar refractivity (Wildman–Crippen MR) is 72.6 cm³/mol. The zero-order valence-corrected chi connectivity index (χ0v) is 10.9. The maximum Gasteiger partial charge on any atom is 0.147 e. The van der Waals surface area contributed by atoms with Crippen LogP contribution in [0.4, 0.5) is 10.1 Å². The van der Waals surface area contributed by atoms with Crippen molar-refractivity contribution in [1.82, 2.24) is 0 Å². The van der Waals surface area contributed by atoms with Crippen molar-refractivity contribution in [2.45, 2.75) is 32.7 Å². The molecule has 3 nitrogen and oxygen atoms in total. The summed E-state index contributed by atoms with van der Waals surface area (Å²) in [5, 5.41) is 7.32. The van der Waals surface area contributed by atoms with E-state index in [1.165, 1.54) is 12.5 Å². The van der Waals surface area contributed by atoms with Gasteiger partial charge >= 0.3 is 0 Å². The summed E-state index contributed by atoms with van der Waals surface area (Å²) >= 11 is 0. The second-order valence-electron chi connectivity index (χ2n) is 5.26. The van der Waals surface area contributed by atoms with Crippen molar-refractivity contribution in [3.8, 4) is 0 Å². The molecular formula is C14H20FN3. The second-order valence-corrected chi connectivity index (χ2v) is 5.26. The molecule has 1 heterocycles. The second kappa shape index (κ2) is 4.96. The van der Waals surface area contributed by atoms with Crippen LogP contribution in [0.15, 0.2) is 18.2 Å². The minimum atomic E-state index is -0.288. The third-order valence-electron chi connectivity index (χ3n) is 3.69. The Kier molecular flexibility index (Phi) is 3.55. The normalized spacial score (nSPS) is 24.1. The zero-order valence-electron chi connectivity index (χ0n) is 10.9. The van der Waals surface area contributed by atoms with E-state index in [-0.39, 0.29) is 11.7 Å². The molecule has 4 heteroatoms. The average Bonchev–Trinajstić information content (AvgIpc) is 2.32. The number of halogens is 1. The topological polar surface area (TPSA) is 53.1 Å². The molecule has 0 amide bonds. The van der Waals surface area contributed by atoms with Gasteiger partial charge < -0.3 is 10.6 Å². The van der Waals surface area contributed by atoms with Crippen LogP contribution in [0.3, 0.4) is 0 Å². The quantitative estimate of drug-likeness (QED) is 0.625. The van der Waals surface area contributed by atoms with E-state index in [0.29, 0.717) is 23.2 Å². The van der Waals surface area contributed by atoms with Crippen LogP contribution in [-0.2, 0) is 0 Å².